The second kappa shape index (κ2) is 7.29. The minimum atomic E-state index is -0.620. The molecule has 25 heavy (non-hydrogen) atoms. The molecule has 0 spiro atoms. The fourth-order valence-corrected chi connectivity index (χ4v) is 2.61. The Morgan fingerprint density at radius 1 is 1.24 bits per heavy atom. The van der Waals surface area contributed by atoms with Crippen LogP contribution >= 0.6 is 0 Å². The van der Waals surface area contributed by atoms with Gasteiger partial charge in [0, 0.05) is 24.7 Å². The summed E-state index contributed by atoms with van der Waals surface area (Å²) in [5.41, 5.74) is 1.50. The lowest BCUT2D eigenvalue weighted by atomic mass is 10.0. The minimum Gasteiger partial charge on any atom is -0.422 e. The number of aryl methyl sites for hydroxylation is 2. The molecule has 0 saturated heterocycles. The number of nitrogens with one attached hydrogen (secondary N) is 1. The summed E-state index contributed by atoms with van der Waals surface area (Å²) < 4.78 is 6.64. The van der Waals surface area contributed by atoms with Gasteiger partial charge in [-0.25, -0.2) is 9.48 Å². The van der Waals surface area contributed by atoms with Gasteiger partial charge in [-0.1, -0.05) is 13.3 Å². The number of unbranched alkanes of at least 4 members (excludes halogenated alkanes) is 1. The van der Waals surface area contributed by atoms with E-state index in [0.29, 0.717) is 25.1 Å². The Hall–Kier alpha value is -2.96. The van der Waals surface area contributed by atoms with Gasteiger partial charge in [0.2, 0.25) is 5.91 Å². The van der Waals surface area contributed by atoms with Crippen LogP contribution in [0.2, 0.25) is 0 Å². The fraction of sp³-hybridized carbons (Fsp3) is 0.333. The molecule has 1 amide bonds. The van der Waals surface area contributed by atoms with Crippen LogP contribution in [0.4, 0.5) is 5.69 Å². The molecule has 2 heterocycles. The van der Waals surface area contributed by atoms with Crippen LogP contribution in [0.25, 0.3) is 0 Å². The molecule has 0 unspecified atom stereocenters. The van der Waals surface area contributed by atoms with Crippen LogP contribution < -0.4 is 15.6 Å². The Kier molecular flexibility index (Phi) is 4.92. The molecule has 3 rings (SSSR count). The molecule has 0 radical (unpaired) electrons. The Balaban J connectivity index is 1.76. The second-order valence-electron chi connectivity index (χ2n) is 5.89. The summed E-state index contributed by atoms with van der Waals surface area (Å²) in [6.45, 7) is 2.48. The van der Waals surface area contributed by atoms with E-state index in [4.69, 9.17) is 4.74 Å². The minimum absolute atomic E-state index is 0.0178. The number of fused-ring (bicyclic) bond motifs is 1. The number of hydrogen-bond donors (Lipinski definition) is 1. The van der Waals surface area contributed by atoms with Gasteiger partial charge in [-0.3, -0.25) is 9.59 Å². The number of aromatic nitrogens is 2. The number of nitrogens with zero attached hydrogens (tertiary/aromatic N) is 2. The number of anilines is 1. The molecule has 1 aliphatic heterocycles. The zero-order chi connectivity index (χ0) is 17.8. The van der Waals surface area contributed by atoms with Crippen molar-refractivity contribution in [2.24, 2.45) is 0 Å². The number of esters is 1. The van der Waals surface area contributed by atoms with E-state index in [0.717, 1.165) is 24.1 Å². The van der Waals surface area contributed by atoms with Gasteiger partial charge in [0.1, 0.15) is 5.75 Å². The predicted molar refractivity (Wildman–Crippen MR) is 91.8 cm³/mol. The van der Waals surface area contributed by atoms with E-state index in [2.05, 4.69) is 10.4 Å². The molecular formula is C18H19N3O4. The van der Waals surface area contributed by atoms with E-state index in [1.54, 1.807) is 18.2 Å². The Morgan fingerprint density at radius 3 is 2.88 bits per heavy atom. The highest BCUT2D eigenvalue weighted by Crippen LogP contribution is 2.27. The van der Waals surface area contributed by atoms with Crippen molar-refractivity contribution < 1.29 is 14.3 Å². The lowest BCUT2D eigenvalue weighted by Gasteiger charge is -2.17. The molecule has 130 valence electrons. The lowest BCUT2D eigenvalue weighted by Crippen LogP contribution is -2.25. The maximum absolute atomic E-state index is 12.3. The average molecular weight is 341 g/mol. The van der Waals surface area contributed by atoms with Crippen molar-refractivity contribution in [2.75, 3.05) is 5.32 Å². The zero-order valence-electron chi connectivity index (χ0n) is 13.9. The highest BCUT2D eigenvalue weighted by molar-refractivity contribution is 5.94. The van der Waals surface area contributed by atoms with E-state index >= 15 is 0 Å². The first-order chi connectivity index (χ1) is 12.1. The number of rotatable bonds is 5. The van der Waals surface area contributed by atoms with E-state index in [9.17, 15) is 14.4 Å². The fourth-order valence-electron chi connectivity index (χ4n) is 2.61. The standard InChI is InChI=1S/C18H19N3O4/c1-2-3-10-21-17(23)9-7-15(20-21)18(24)25-13-5-6-14-12(11-13)4-8-16(22)19-14/h5-7,9,11H,2-4,8,10H2,1H3,(H,19,22). The van der Waals surface area contributed by atoms with Gasteiger partial charge in [-0.15, -0.1) is 0 Å². The van der Waals surface area contributed by atoms with E-state index < -0.39 is 5.97 Å². The van der Waals surface area contributed by atoms with Crippen molar-refractivity contribution in [3.05, 3.63) is 51.9 Å². The zero-order valence-corrected chi connectivity index (χ0v) is 13.9. The summed E-state index contributed by atoms with van der Waals surface area (Å²) in [7, 11) is 0. The van der Waals surface area contributed by atoms with Crippen LogP contribution in [0.15, 0.2) is 35.1 Å². The predicted octanol–water partition coefficient (Wildman–Crippen LogP) is 2.15. The third-order valence-electron chi connectivity index (χ3n) is 3.98. The first-order valence-electron chi connectivity index (χ1n) is 8.30. The third-order valence-corrected chi connectivity index (χ3v) is 3.98. The molecule has 2 aromatic rings. The van der Waals surface area contributed by atoms with Crippen molar-refractivity contribution in [3.63, 3.8) is 0 Å². The molecule has 1 aromatic carbocycles. The smallest absolute Gasteiger partial charge is 0.364 e. The van der Waals surface area contributed by atoms with Crippen LogP contribution in [0, 0.1) is 0 Å². The lowest BCUT2D eigenvalue weighted by molar-refractivity contribution is -0.116. The highest BCUT2D eigenvalue weighted by atomic mass is 16.5. The first-order valence-corrected chi connectivity index (χ1v) is 8.30. The van der Waals surface area contributed by atoms with Crippen LogP contribution in [0.1, 0.15) is 42.2 Å². The van der Waals surface area contributed by atoms with Crippen molar-refractivity contribution in [1.82, 2.24) is 9.78 Å². The van der Waals surface area contributed by atoms with Crippen molar-refractivity contribution in [2.45, 2.75) is 39.2 Å². The summed E-state index contributed by atoms with van der Waals surface area (Å²) >= 11 is 0. The number of benzene rings is 1. The van der Waals surface area contributed by atoms with Crippen molar-refractivity contribution >= 4 is 17.6 Å². The maximum Gasteiger partial charge on any atom is 0.364 e. The molecule has 0 bridgehead atoms. The SMILES string of the molecule is CCCCn1nc(C(=O)Oc2ccc3c(c2)CCC(=O)N3)ccc1=O. The second-order valence-corrected chi connectivity index (χ2v) is 5.89. The van der Waals surface area contributed by atoms with Gasteiger partial charge >= 0.3 is 5.97 Å². The number of ether oxygens (including phenoxy) is 1. The quantitative estimate of drug-likeness (QED) is 0.665. The van der Waals surface area contributed by atoms with E-state index in [-0.39, 0.29) is 17.2 Å². The van der Waals surface area contributed by atoms with E-state index in [1.807, 2.05) is 6.92 Å². The molecule has 0 fully saturated rings. The summed E-state index contributed by atoms with van der Waals surface area (Å²) in [5.74, 6) is -0.256. The molecule has 7 heteroatoms. The molecule has 7 nitrogen and oxygen atoms in total. The molecular weight excluding hydrogens is 322 g/mol. The molecule has 0 saturated carbocycles. The highest BCUT2D eigenvalue weighted by Gasteiger charge is 2.17. The number of amides is 1. The monoisotopic (exact) mass is 341 g/mol. The van der Waals surface area contributed by atoms with Crippen molar-refractivity contribution in [3.8, 4) is 5.75 Å². The topological polar surface area (TPSA) is 90.3 Å². The summed E-state index contributed by atoms with van der Waals surface area (Å²) in [6, 6.07) is 7.76. The molecule has 0 aliphatic carbocycles. The van der Waals surface area contributed by atoms with E-state index in [1.165, 1.54) is 16.8 Å². The van der Waals surface area contributed by atoms with Gasteiger partial charge in [-0.05, 0) is 42.7 Å². The molecule has 1 aliphatic rings. The summed E-state index contributed by atoms with van der Waals surface area (Å²) in [6.07, 6.45) is 2.75. The van der Waals surface area contributed by atoms with Gasteiger partial charge in [0.15, 0.2) is 5.69 Å². The number of carbonyl (C=O) groups is 2. The Morgan fingerprint density at radius 2 is 2.08 bits per heavy atom. The number of carbonyl (C=O) groups excluding carboxylic acids is 2. The van der Waals surface area contributed by atoms with Gasteiger partial charge < -0.3 is 10.1 Å². The van der Waals surface area contributed by atoms with Crippen LogP contribution in [0.5, 0.6) is 5.75 Å². The van der Waals surface area contributed by atoms with Gasteiger partial charge in [0.05, 0.1) is 0 Å². The van der Waals surface area contributed by atoms with Gasteiger partial charge in [-0.2, -0.15) is 5.10 Å². The summed E-state index contributed by atoms with van der Waals surface area (Å²) in [5, 5.41) is 6.85. The Labute approximate surface area is 144 Å². The summed E-state index contributed by atoms with van der Waals surface area (Å²) in [4.78, 5) is 35.4. The van der Waals surface area contributed by atoms with Crippen LogP contribution in [-0.4, -0.2) is 21.7 Å². The number of hydrogen-bond acceptors (Lipinski definition) is 5. The molecule has 1 N–H and O–H groups in total. The third kappa shape index (κ3) is 3.93. The molecule has 1 aromatic heterocycles. The Bertz CT molecular complexity index is 873. The molecule has 0 atom stereocenters. The maximum atomic E-state index is 12.3. The average Bonchev–Trinajstić information content (AvgIpc) is 2.61. The van der Waals surface area contributed by atoms with Crippen LogP contribution in [0.3, 0.4) is 0 Å². The largest absolute Gasteiger partial charge is 0.422 e. The van der Waals surface area contributed by atoms with Gasteiger partial charge in [0.25, 0.3) is 5.56 Å². The first kappa shape index (κ1) is 16.9. The normalized spacial score (nSPS) is 13.1. The van der Waals surface area contributed by atoms with Crippen LogP contribution in [-0.2, 0) is 17.8 Å². The van der Waals surface area contributed by atoms with Crippen molar-refractivity contribution in [1.29, 1.82) is 0 Å².